The summed E-state index contributed by atoms with van der Waals surface area (Å²) in [5.74, 6) is 1.36. The van der Waals surface area contributed by atoms with Gasteiger partial charge in [-0.25, -0.2) is 0 Å². The Balaban J connectivity index is 3.30. The van der Waals surface area contributed by atoms with Crippen molar-refractivity contribution in [1.82, 2.24) is 10.2 Å². The average molecular weight is 316 g/mol. The molecule has 0 rings (SSSR count). The second-order valence-corrected chi connectivity index (χ2v) is 6.70. The molecule has 0 unspecified atom stereocenters. The number of carbonyl (C=O) groups excluding carboxylic acids is 1. The van der Waals surface area contributed by atoms with Gasteiger partial charge in [-0.2, -0.15) is 0 Å². The van der Waals surface area contributed by atoms with Crippen LogP contribution in [0.5, 0.6) is 0 Å². The van der Waals surface area contributed by atoms with E-state index in [0.717, 1.165) is 25.5 Å². The normalized spacial score (nSPS) is 11.6. The van der Waals surface area contributed by atoms with Crippen molar-refractivity contribution in [2.24, 2.45) is 11.8 Å². The molecule has 132 valence electrons. The molecule has 0 fully saturated rings. The fourth-order valence-electron chi connectivity index (χ4n) is 2.17. The lowest BCUT2D eigenvalue weighted by atomic mass is 10.1. The van der Waals surface area contributed by atoms with E-state index in [4.69, 9.17) is 9.47 Å². The number of carbonyl (C=O) groups is 1. The van der Waals surface area contributed by atoms with Gasteiger partial charge in [0.1, 0.15) is 0 Å². The molecule has 0 heterocycles. The van der Waals surface area contributed by atoms with Crippen LogP contribution in [0.15, 0.2) is 0 Å². The van der Waals surface area contributed by atoms with Gasteiger partial charge in [-0.1, -0.05) is 27.7 Å². The molecule has 0 aliphatic rings. The zero-order valence-electron chi connectivity index (χ0n) is 15.2. The van der Waals surface area contributed by atoms with Crippen molar-refractivity contribution in [2.45, 2.75) is 40.5 Å². The third-order valence-corrected chi connectivity index (χ3v) is 3.10. The number of nitrogens with zero attached hydrogens (tertiary/aromatic N) is 1. The van der Waals surface area contributed by atoms with E-state index in [9.17, 15) is 4.79 Å². The first-order valence-electron chi connectivity index (χ1n) is 8.52. The fourth-order valence-corrected chi connectivity index (χ4v) is 2.17. The first-order chi connectivity index (χ1) is 10.4. The predicted octanol–water partition coefficient (Wildman–Crippen LogP) is 2.16. The van der Waals surface area contributed by atoms with Gasteiger partial charge in [-0.05, 0) is 31.7 Å². The maximum absolute atomic E-state index is 11.7. The van der Waals surface area contributed by atoms with Crippen LogP contribution in [0.4, 0.5) is 0 Å². The number of hydrogen-bond acceptors (Lipinski definition) is 4. The Kier molecular flexibility index (Phi) is 13.6. The molecule has 0 aliphatic carbocycles. The van der Waals surface area contributed by atoms with E-state index in [2.05, 4.69) is 33.0 Å². The number of nitrogens with one attached hydrogen (secondary N) is 1. The zero-order chi connectivity index (χ0) is 16.8. The molecule has 0 saturated carbocycles. The first kappa shape index (κ1) is 21.4. The zero-order valence-corrected chi connectivity index (χ0v) is 15.2. The standard InChI is InChI=1S/C17H36N2O3/c1-15(2)7-6-9-21-11-12-22-10-8-18-17(20)14-19(5)13-16(3)4/h15-16H,6-14H2,1-5H3,(H,18,20). The lowest BCUT2D eigenvalue weighted by Gasteiger charge is -2.18. The summed E-state index contributed by atoms with van der Waals surface area (Å²) in [6.45, 7) is 13.2. The van der Waals surface area contributed by atoms with E-state index >= 15 is 0 Å². The van der Waals surface area contributed by atoms with Gasteiger partial charge >= 0.3 is 0 Å². The Morgan fingerprint density at radius 2 is 1.64 bits per heavy atom. The molecule has 5 nitrogen and oxygen atoms in total. The van der Waals surface area contributed by atoms with Crippen LogP contribution in [0.1, 0.15) is 40.5 Å². The molecular weight excluding hydrogens is 280 g/mol. The Bertz CT molecular complexity index is 271. The van der Waals surface area contributed by atoms with Crippen LogP contribution in [-0.2, 0) is 14.3 Å². The van der Waals surface area contributed by atoms with Gasteiger partial charge in [0.15, 0.2) is 0 Å². The van der Waals surface area contributed by atoms with Crippen molar-refractivity contribution in [3.63, 3.8) is 0 Å². The highest BCUT2D eigenvalue weighted by Crippen LogP contribution is 2.02. The Labute approximate surface area is 136 Å². The van der Waals surface area contributed by atoms with Crippen molar-refractivity contribution in [2.75, 3.05) is 53.1 Å². The quantitative estimate of drug-likeness (QED) is 0.499. The minimum atomic E-state index is 0.0525. The van der Waals surface area contributed by atoms with Crippen LogP contribution < -0.4 is 5.32 Å². The van der Waals surface area contributed by atoms with Gasteiger partial charge in [-0.15, -0.1) is 0 Å². The lowest BCUT2D eigenvalue weighted by molar-refractivity contribution is -0.122. The minimum Gasteiger partial charge on any atom is -0.379 e. The largest absolute Gasteiger partial charge is 0.379 e. The van der Waals surface area contributed by atoms with E-state index in [1.54, 1.807) is 0 Å². The first-order valence-corrected chi connectivity index (χ1v) is 8.52. The monoisotopic (exact) mass is 316 g/mol. The second-order valence-electron chi connectivity index (χ2n) is 6.70. The molecule has 0 saturated heterocycles. The smallest absolute Gasteiger partial charge is 0.234 e. The summed E-state index contributed by atoms with van der Waals surface area (Å²) in [5, 5.41) is 2.86. The predicted molar refractivity (Wildman–Crippen MR) is 91.1 cm³/mol. The minimum absolute atomic E-state index is 0.0525. The molecule has 0 spiro atoms. The lowest BCUT2D eigenvalue weighted by Crippen LogP contribution is -2.38. The molecule has 0 radical (unpaired) electrons. The van der Waals surface area contributed by atoms with Crippen LogP contribution in [0.25, 0.3) is 0 Å². The molecule has 22 heavy (non-hydrogen) atoms. The molecule has 0 bridgehead atoms. The third kappa shape index (κ3) is 15.7. The topological polar surface area (TPSA) is 50.8 Å². The van der Waals surface area contributed by atoms with Gasteiger partial charge in [0, 0.05) is 19.7 Å². The molecule has 0 aromatic rings. The highest BCUT2D eigenvalue weighted by Gasteiger charge is 2.07. The van der Waals surface area contributed by atoms with Crippen LogP contribution in [0.3, 0.4) is 0 Å². The highest BCUT2D eigenvalue weighted by atomic mass is 16.5. The molecule has 1 N–H and O–H groups in total. The molecular formula is C17H36N2O3. The molecule has 1 amide bonds. The van der Waals surface area contributed by atoms with Crippen LogP contribution in [0, 0.1) is 11.8 Å². The molecule has 5 heteroatoms. The number of hydrogen-bond donors (Lipinski definition) is 1. The van der Waals surface area contributed by atoms with Crippen LogP contribution in [-0.4, -0.2) is 63.9 Å². The average Bonchev–Trinajstić information content (AvgIpc) is 2.39. The Morgan fingerprint density at radius 3 is 2.23 bits per heavy atom. The van der Waals surface area contributed by atoms with Crippen molar-refractivity contribution in [3.8, 4) is 0 Å². The second kappa shape index (κ2) is 14.0. The van der Waals surface area contributed by atoms with E-state index in [1.165, 1.54) is 6.42 Å². The summed E-state index contributed by atoms with van der Waals surface area (Å²) in [4.78, 5) is 13.7. The maximum atomic E-state index is 11.7. The summed E-state index contributed by atoms with van der Waals surface area (Å²) >= 11 is 0. The number of amides is 1. The van der Waals surface area contributed by atoms with Crippen molar-refractivity contribution in [1.29, 1.82) is 0 Å². The van der Waals surface area contributed by atoms with Crippen molar-refractivity contribution >= 4 is 5.91 Å². The van der Waals surface area contributed by atoms with Gasteiger partial charge < -0.3 is 14.8 Å². The molecule has 0 aromatic carbocycles. The van der Waals surface area contributed by atoms with E-state index in [0.29, 0.717) is 38.8 Å². The Morgan fingerprint density at radius 1 is 1.00 bits per heavy atom. The van der Waals surface area contributed by atoms with Crippen LogP contribution in [0.2, 0.25) is 0 Å². The van der Waals surface area contributed by atoms with E-state index in [-0.39, 0.29) is 5.91 Å². The maximum Gasteiger partial charge on any atom is 0.234 e. The van der Waals surface area contributed by atoms with Crippen molar-refractivity contribution in [3.05, 3.63) is 0 Å². The fraction of sp³-hybridized carbons (Fsp3) is 0.941. The molecule has 0 aliphatic heterocycles. The third-order valence-electron chi connectivity index (χ3n) is 3.10. The van der Waals surface area contributed by atoms with Crippen LogP contribution >= 0.6 is 0 Å². The Hall–Kier alpha value is -0.650. The van der Waals surface area contributed by atoms with Gasteiger partial charge in [0.2, 0.25) is 5.91 Å². The number of ether oxygens (including phenoxy) is 2. The van der Waals surface area contributed by atoms with Gasteiger partial charge in [0.25, 0.3) is 0 Å². The summed E-state index contributed by atoms with van der Waals surface area (Å²) in [7, 11) is 1.96. The summed E-state index contributed by atoms with van der Waals surface area (Å²) < 4.78 is 10.9. The summed E-state index contributed by atoms with van der Waals surface area (Å²) in [6, 6.07) is 0. The summed E-state index contributed by atoms with van der Waals surface area (Å²) in [5.41, 5.74) is 0. The molecule has 0 atom stereocenters. The highest BCUT2D eigenvalue weighted by molar-refractivity contribution is 5.77. The molecule has 0 aromatic heterocycles. The van der Waals surface area contributed by atoms with Gasteiger partial charge in [-0.3, -0.25) is 9.69 Å². The summed E-state index contributed by atoms with van der Waals surface area (Å²) in [6.07, 6.45) is 2.32. The number of rotatable bonds is 14. The van der Waals surface area contributed by atoms with Crippen molar-refractivity contribution < 1.29 is 14.3 Å². The van der Waals surface area contributed by atoms with Gasteiger partial charge in [0.05, 0.1) is 26.4 Å². The van der Waals surface area contributed by atoms with E-state index < -0.39 is 0 Å². The number of likely N-dealkylation sites (N-methyl/N-ethyl adjacent to an activating group) is 1. The van der Waals surface area contributed by atoms with E-state index in [1.807, 2.05) is 11.9 Å². The SMILES string of the molecule is CC(C)CCCOCCOCCNC(=O)CN(C)CC(C)C.